The van der Waals surface area contributed by atoms with Crippen LogP contribution in [-0.2, 0) is 0 Å². The molecule has 166 valence electrons. The number of aromatic nitrogens is 5. The highest BCUT2D eigenvalue weighted by Crippen LogP contribution is 2.28. The highest BCUT2D eigenvalue weighted by Gasteiger charge is 2.25. The normalized spacial score (nSPS) is 10.9. The summed E-state index contributed by atoms with van der Waals surface area (Å²) in [6.45, 7) is 0. The van der Waals surface area contributed by atoms with Crippen molar-refractivity contribution < 1.29 is 19.1 Å². The van der Waals surface area contributed by atoms with E-state index in [1.54, 1.807) is 24.3 Å². The van der Waals surface area contributed by atoms with Gasteiger partial charge in [0, 0.05) is 23.3 Å². The molecule has 0 unspecified atom stereocenters. The predicted molar refractivity (Wildman–Crippen MR) is 114 cm³/mol. The summed E-state index contributed by atoms with van der Waals surface area (Å²) in [7, 11) is 1.52. The van der Waals surface area contributed by atoms with Crippen LogP contribution in [0.2, 0.25) is 0 Å². The van der Waals surface area contributed by atoms with Crippen LogP contribution in [0, 0.1) is 10.1 Å². The lowest BCUT2D eigenvalue weighted by molar-refractivity contribution is -0.384. The van der Waals surface area contributed by atoms with Crippen LogP contribution in [0.4, 0.5) is 11.5 Å². The van der Waals surface area contributed by atoms with Gasteiger partial charge in [0.25, 0.3) is 11.6 Å². The Kier molecular flexibility index (Phi) is 5.71. The minimum absolute atomic E-state index is 0.00701. The van der Waals surface area contributed by atoms with Gasteiger partial charge in [-0.05, 0) is 34.6 Å². The summed E-state index contributed by atoms with van der Waals surface area (Å²) in [5.74, 6) is -0.227. The number of nitrogens with one attached hydrogen (secondary N) is 1. The Morgan fingerprint density at radius 2 is 2.00 bits per heavy atom. The van der Waals surface area contributed by atoms with Crippen LogP contribution < -0.4 is 15.9 Å². The molecule has 0 saturated heterocycles. The minimum atomic E-state index is -0.698. The van der Waals surface area contributed by atoms with Gasteiger partial charge >= 0.3 is 0 Å². The van der Waals surface area contributed by atoms with Crippen LogP contribution in [0.5, 0.6) is 5.75 Å². The van der Waals surface area contributed by atoms with Crippen molar-refractivity contribution in [3.63, 3.8) is 0 Å². The first-order valence-corrected chi connectivity index (χ1v) is 9.25. The van der Waals surface area contributed by atoms with Gasteiger partial charge in [-0.2, -0.15) is 9.78 Å². The third kappa shape index (κ3) is 4.20. The number of nitrogen functional groups attached to an aromatic ring is 1. The van der Waals surface area contributed by atoms with Gasteiger partial charge in [0.15, 0.2) is 5.69 Å². The van der Waals surface area contributed by atoms with Crippen LogP contribution in [0.15, 0.2) is 58.3 Å². The van der Waals surface area contributed by atoms with Crippen LogP contribution in [0.25, 0.3) is 17.1 Å². The van der Waals surface area contributed by atoms with Gasteiger partial charge in [0.05, 0.1) is 18.2 Å². The molecule has 4 aromatic rings. The molecule has 0 bridgehead atoms. The summed E-state index contributed by atoms with van der Waals surface area (Å²) in [4.78, 5) is 23.3. The van der Waals surface area contributed by atoms with Crippen molar-refractivity contribution in [2.24, 2.45) is 5.10 Å². The maximum Gasteiger partial charge on any atom is 0.294 e. The maximum absolute atomic E-state index is 12.9. The molecule has 2 heterocycles. The molecule has 0 aliphatic carbocycles. The number of amides is 1. The van der Waals surface area contributed by atoms with Gasteiger partial charge in [0.2, 0.25) is 11.6 Å². The molecule has 33 heavy (non-hydrogen) atoms. The van der Waals surface area contributed by atoms with E-state index >= 15 is 0 Å². The minimum Gasteiger partial charge on any atom is -0.496 e. The molecule has 2 aromatic carbocycles. The van der Waals surface area contributed by atoms with Gasteiger partial charge in [-0.15, -0.1) is 5.10 Å². The number of benzene rings is 2. The number of nitro groups is 1. The van der Waals surface area contributed by atoms with Crippen molar-refractivity contribution in [3.8, 4) is 22.8 Å². The zero-order valence-electron chi connectivity index (χ0n) is 16.9. The number of nitrogens with two attached hydrogens (primary N) is 1. The number of hydrazone groups is 1. The van der Waals surface area contributed by atoms with Crippen LogP contribution in [0.3, 0.4) is 0 Å². The van der Waals surface area contributed by atoms with Crippen molar-refractivity contribution in [1.82, 2.24) is 30.7 Å². The second-order valence-corrected chi connectivity index (χ2v) is 6.42. The fraction of sp³-hybridized carbons (Fsp3) is 0.0526. The Hall–Kier alpha value is -5.14. The number of anilines is 1. The van der Waals surface area contributed by atoms with Gasteiger partial charge in [-0.1, -0.05) is 17.3 Å². The standard InChI is InChI=1S/C19H15N9O5/c1-32-14-5-3-2-4-12(14)10-21-23-19(29)15-16(11-6-8-13(9-7-11)28(30)31)27(26-22-15)18-17(20)24-33-25-18/h2-10H,1H3,(H2,20,24)(H,23,29)/b21-10-. The third-order valence-electron chi connectivity index (χ3n) is 4.44. The highest BCUT2D eigenvalue weighted by atomic mass is 16.6. The molecule has 1 amide bonds. The zero-order valence-corrected chi connectivity index (χ0v) is 16.9. The zero-order chi connectivity index (χ0) is 23.4. The Labute approximate surface area is 184 Å². The Bertz CT molecular complexity index is 1340. The van der Waals surface area contributed by atoms with E-state index in [-0.39, 0.29) is 28.7 Å². The lowest BCUT2D eigenvalue weighted by Gasteiger charge is -2.06. The lowest BCUT2D eigenvalue weighted by Crippen LogP contribution is -2.19. The number of carbonyl (C=O) groups excluding carboxylic acids is 1. The first kappa shape index (κ1) is 21.1. The van der Waals surface area contributed by atoms with Crippen molar-refractivity contribution in [1.29, 1.82) is 0 Å². The molecule has 0 radical (unpaired) electrons. The van der Waals surface area contributed by atoms with Gasteiger partial charge < -0.3 is 10.5 Å². The average molecular weight is 449 g/mol. The van der Waals surface area contributed by atoms with E-state index < -0.39 is 10.8 Å². The fourth-order valence-electron chi connectivity index (χ4n) is 2.91. The second kappa shape index (κ2) is 8.93. The molecule has 2 aromatic heterocycles. The number of ether oxygens (including phenoxy) is 1. The number of carbonyl (C=O) groups is 1. The molecule has 3 N–H and O–H groups in total. The maximum atomic E-state index is 12.9. The monoisotopic (exact) mass is 449 g/mol. The Morgan fingerprint density at radius 1 is 1.24 bits per heavy atom. The molecule has 14 nitrogen and oxygen atoms in total. The van der Waals surface area contributed by atoms with E-state index in [0.29, 0.717) is 16.9 Å². The fourth-order valence-corrected chi connectivity index (χ4v) is 2.91. The van der Waals surface area contributed by atoms with E-state index in [0.717, 1.165) is 4.68 Å². The topological polar surface area (TPSA) is 189 Å². The molecule has 4 rings (SSSR count). The van der Waals surface area contributed by atoms with E-state index in [1.165, 1.54) is 37.6 Å². The Morgan fingerprint density at radius 3 is 2.67 bits per heavy atom. The predicted octanol–water partition coefficient (Wildman–Crippen LogP) is 1.58. The van der Waals surface area contributed by atoms with Crippen LogP contribution in [-0.4, -0.2) is 49.5 Å². The number of non-ortho nitro benzene ring substituents is 1. The number of nitrogens with zero attached hydrogens (tertiary/aromatic N) is 7. The van der Waals surface area contributed by atoms with Crippen molar-refractivity contribution in [3.05, 3.63) is 69.9 Å². The number of methoxy groups -OCH3 is 1. The second-order valence-electron chi connectivity index (χ2n) is 6.42. The van der Waals surface area contributed by atoms with Gasteiger partial charge in [-0.3, -0.25) is 14.9 Å². The summed E-state index contributed by atoms with van der Waals surface area (Å²) in [6.07, 6.45) is 1.41. The SMILES string of the molecule is COc1ccccc1/C=N\NC(=O)c1nnn(-c2nonc2N)c1-c1ccc([N+](=O)[O-])cc1. The van der Waals surface area contributed by atoms with Crippen molar-refractivity contribution >= 4 is 23.6 Å². The van der Waals surface area contributed by atoms with Gasteiger partial charge in [-0.25, -0.2) is 10.1 Å². The molecular formula is C19H15N9O5. The Balaban J connectivity index is 1.70. The summed E-state index contributed by atoms with van der Waals surface area (Å²) in [6, 6.07) is 12.5. The van der Waals surface area contributed by atoms with Crippen LogP contribution >= 0.6 is 0 Å². The van der Waals surface area contributed by atoms with E-state index in [4.69, 9.17) is 10.5 Å². The average Bonchev–Trinajstić information content (AvgIpc) is 3.45. The number of nitro benzene ring substituents is 1. The number of rotatable bonds is 7. The van der Waals surface area contributed by atoms with Gasteiger partial charge in [0.1, 0.15) is 11.4 Å². The molecular weight excluding hydrogens is 434 g/mol. The summed E-state index contributed by atoms with van der Waals surface area (Å²) >= 11 is 0. The molecule has 0 saturated carbocycles. The molecule has 0 aliphatic rings. The number of hydrogen-bond donors (Lipinski definition) is 2. The van der Waals surface area contributed by atoms with Crippen molar-refractivity contribution in [2.75, 3.05) is 12.8 Å². The highest BCUT2D eigenvalue weighted by molar-refractivity contribution is 5.99. The van der Waals surface area contributed by atoms with Crippen LogP contribution in [0.1, 0.15) is 16.1 Å². The molecule has 0 atom stereocenters. The number of hydrogen-bond acceptors (Lipinski definition) is 11. The van der Waals surface area contributed by atoms with E-state index in [1.807, 2.05) is 0 Å². The first-order chi connectivity index (χ1) is 16.0. The van der Waals surface area contributed by atoms with Crippen molar-refractivity contribution in [2.45, 2.75) is 0 Å². The van der Waals surface area contributed by atoms with E-state index in [2.05, 4.69) is 35.8 Å². The summed E-state index contributed by atoms with van der Waals surface area (Å²) < 4.78 is 11.0. The first-order valence-electron chi connectivity index (χ1n) is 9.25. The summed E-state index contributed by atoms with van der Waals surface area (Å²) in [5, 5.41) is 29.9. The summed E-state index contributed by atoms with van der Waals surface area (Å²) in [5.41, 5.74) is 9.04. The quantitative estimate of drug-likeness (QED) is 0.238. The largest absolute Gasteiger partial charge is 0.496 e. The van der Waals surface area contributed by atoms with E-state index in [9.17, 15) is 14.9 Å². The molecule has 0 aliphatic heterocycles. The number of para-hydroxylation sites is 1. The molecule has 0 fully saturated rings. The molecule has 0 spiro atoms. The third-order valence-corrected chi connectivity index (χ3v) is 4.44. The molecule has 14 heteroatoms. The lowest BCUT2D eigenvalue weighted by atomic mass is 10.1. The smallest absolute Gasteiger partial charge is 0.294 e.